The first-order valence-corrected chi connectivity index (χ1v) is 8.39. The van der Waals surface area contributed by atoms with E-state index < -0.39 is 0 Å². The quantitative estimate of drug-likeness (QED) is 0.736. The molecule has 23 heavy (non-hydrogen) atoms. The van der Waals surface area contributed by atoms with Crippen LogP contribution in [0.4, 0.5) is 0 Å². The summed E-state index contributed by atoms with van der Waals surface area (Å²) >= 11 is 1.59. The van der Waals surface area contributed by atoms with Crippen LogP contribution < -0.4 is 0 Å². The van der Waals surface area contributed by atoms with E-state index in [1.807, 2.05) is 22.4 Å². The first-order valence-electron chi connectivity index (χ1n) is 7.51. The largest absolute Gasteiger partial charge is 0.459 e. The third-order valence-electron chi connectivity index (χ3n) is 4.05. The number of likely N-dealkylation sites (tertiary alicyclic amines) is 1. The Bertz CT molecular complexity index is 771. The van der Waals surface area contributed by atoms with Gasteiger partial charge in [0.05, 0.1) is 11.1 Å². The molecule has 1 aliphatic rings. The Morgan fingerprint density at radius 1 is 1.26 bits per heavy atom. The van der Waals surface area contributed by atoms with Crippen LogP contribution >= 0.6 is 11.3 Å². The SMILES string of the molecule is O=C(c1ccco1)N1CCC(c2nc(-c3cccs3)no2)CC1. The van der Waals surface area contributed by atoms with Crippen LogP contribution in [0.1, 0.15) is 35.2 Å². The molecule has 1 amide bonds. The number of piperidine rings is 1. The molecule has 1 aliphatic heterocycles. The molecule has 1 fully saturated rings. The molecular weight excluding hydrogens is 314 g/mol. The molecule has 1 saturated heterocycles. The van der Waals surface area contributed by atoms with Gasteiger partial charge in [-0.05, 0) is 36.4 Å². The van der Waals surface area contributed by atoms with Gasteiger partial charge in [-0.3, -0.25) is 4.79 Å². The van der Waals surface area contributed by atoms with E-state index in [1.165, 1.54) is 6.26 Å². The Morgan fingerprint density at radius 3 is 2.83 bits per heavy atom. The van der Waals surface area contributed by atoms with Gasteiger partial charge >= 0.3 is 0 Å². The second-order valence-electron chi connectivity index (χ2n) is 5.48. The Balaban J connectivity index is 1.41. The topological polar surface area (TPSA) is 72.4 Å². The first kappa shape index (κ1) is 14.2. The Labute approximate surface area is 136 Å². The van der Waals surface area contributed by atoms with E-state index in [4.69, 9.17) is 8.94 Å². The minimum absolute atomic E-state index is 0.0572. The zero-order chi connectivity index (χ0) is 15.6. The van der Waals surface area contributed by atoms with Crippen molar-refractivity contribution in [3.05, 3.63) is 47.6 Å². The number of thiophene rings is 1. The molecule has 3 aromatic rings. The van der Waals surface area contributed by atoms with E-state index in [1.54, 1.807) is 23.5 Å². The average Bonchev–Trinajstić information content (AvgIpc) is 3.36. The summed E-state index contributed by atoms with van der Waals surface area (Å²) in [5.41, 5.74) is 0. The summed E-state index contributed by atoms with van der Waals surface area (Å²) in [5, 5.41) is 6.05. The number of aromatic nitrogens is 2. The van der Waals surface area contributed by atoms with Crippen LogP contribution in [0.25, 0.3) is 10.7 Å². The number of amides is 1. The van der Waals surface area contributed by atoms with Crippen molar-refractivity contribution in [3.63, 3.8) is 0 Å². The smallest absolute Gasteiger partial charge is 0.289 e. The van der Waals surface area contributed by atoms with Crippen LogP contribution in [0.3, 0.4) is 0 Å². The molecule has 0 unspecified atom stereocenters. The summed E-state index contributed by atoms with van der Waals surface area (Å²) in [6.45, 7) is 1.34. The fourth-order valence-electron chi connectivity index (χ4n) is 2.79. The van der Waals surface area contributed by atoms with Gasteiger partial charge in [-0.15, -0.1) is 11.3 Å². The predicted octanol–water partition coefficient (Wildman–Crippen LogP) is 3.41. The fraction of sp³-hybridized carbons (Fsp3) is 0.312. The van der Waals surface area contributed by atoms with E-state index in [9.17, 15) is 4.79 Å². The maximum absolute atomic E-state index is 12.2. The van der Waals surface area contributed by atoms with Crippen LogP contribution in [0.15, 0.2) is 44.8 Å². The molecule has 0 aliphatic carbocycles. The average molecular weight is 329 g/mol. The predicted molar refractivity (Wildman–Crippen MR) is 84.2 cm³/mol. The monoisotopic (exact) mass is 329 g/mol. The minimum Gasteiger partial charge on any atom is -0.459 e. The molecular formula is C16H15N3O3S. The van der Waals surface area contributed by atoms with Crippen LogP contribution in [-0.4, -0.2) is 34.0 Å². The lowest BCUT2D eigenvalue weighted by Gasteiger charge is -2.29. The van der Waals surface area contributed by atoms with Crippen LogP contribution in [0.2, 0.25) is 0 Å². The van der Waals surface area contributed by atoms with Gasteiger partial charge in [-0.2, -0.15) is 4.98 Å². The maximum atomic E-state index is 12.2. The lowest BCUT2D eigenvalue weighted by atomic mass is 9.96. The summed E-state index contributed by atoms with van der Waals surface area (Å²) in [6.07, 6.45) is 3.15. The number of rotatable bonds is 3. The molecule has 6 nitrogen and oxygen atoms in total. The van der Waals surface area contributed by atoms with E-state index in [0.29, 0.717) is 30.6 Å². The van der Waals surface area contributed by atoms with Crippen LogP contribution in [-0.2, 0) is 0 Å². The lowest BCUT2D eigenvalue weighted by Crippen LogP contribution is -2.37. The third kappa shape index (κ3) is 2.79. The van der Waals surface area contributed by atoms with Crippen molar-refractivity contribution >= 4 is 17.2 Å². The van der Waals surface area contributed by atoms with Crippen molar-refractivity contribution in [2.45, 2.75) is 18.8 Å². The van der Waals surface area contributed by atoms with Gasteiger partial charge in [-0.1, -0.05) is 11.2 Å². The zero-order valence-corrected chi connectivity index (χ0v) is 13.2. The van der Waals surface area contributed by atoms with Gasteiger partial charge in [0.1, 0.15) is 0 Å². The number of hydrogen-bond donors (Lipinski definition) is 0. The van der Waals surface area contributed by atoms with Gasteiger partial charge in [0.2, 0.25) is 11.7 Å². The van der Waals surface area contributed by atoms with Gasteiger partial charge in [0.15, 0.2) is 5.76 Å². The minimum atomic E-state index is -0.0572. The number of nitrogens with zero attached hydrogens (tertiary/aromatic N) is 3. The summed E-state index contributed by atoms with van der Waals surface area (Å²) in [6, 6.07) is 7.36. The van der Waals surface area contributed by atoms with Crippen molar-refractivity contribution in [2.24, 2.45) is 0 Å². The molecule has 3 aromatic heterocycles. The number of hydrogen-bond acceptors (Lipinski definition) is 6. The number of carbonyl (C=O) groups excluding carboxylic acids is 1. The highest BCUT2D eigenvalue weighted by Gasteiger charge is 2.29. The molecule has 118 valence electrons. The number of carbonyl (C=O) groups is 1. The summed E-state index contributed by atoms with van der Waals surface area (Å²) in [7, 11) is 0. The molecule has 4 heterocycles. The fourth-order valence-corrected chi connectivity index (χ4v) is 3.44. The highest BCUT2D eigenvalue weighted by atomic mass is 32.1. The third-order valence-corrected chi connectivity index (χ3v) is 4.91. The Kier molecular flexibility index (Phi) is 3.70. The molecule has 4 rings (SSSR count). The van der Waals surface area contributed by atoms with Crippen molar-refractivity contribution in [1.82, 2.24) is 15.0 Å². The van der Waals surface area contributed by atoms with Crippen molar-refractivity contribution in [2.75, 3.05) is 13.1 Å². The van der Waals surface area contributed by atoms with Gasteiger partial charge in [0.25, 0.3) is 5.91 Å². The molecule has 0 saturated carbocycles. The molecule has 0 aromatic carbocycles. The number of furan rings is 1. The molecule has 0 atom stereocenters. The van der Waals surface area contributed by atoms with E-state index >= 15 is 0 Å². The molecule has 0 bridgehead atoms. The second-order valence-corrected chi connectivity index (χ2v) is 6.42. The van der Waals surface area contributed by atoms with Crippen molar-refractivity contribution < 1.29 is 13.7 Å². The maximum Gasteiger partial charge on any atom is 0.289 e. The van der Waals surface area contributed by atoms with Gasteiger partial charge < -0.3 is 13.8 Å². The summed E-state index contributed by atoms with van der Waals surface area (Å²) in [4.78, 5) is 19.6. The highest BCUT2D eigenvalue weighted by Crippen LogP contribution is 2.30. The highest BCUT2D eigenvalue weighted by molar-refractivity contribution is 7.13. The Morgan fingerprint density at radius 2 is 2.13 bits per heavy atom. The van der Waals surface area contributed by atoms with Gasteiger partial charge in [0, 0.05) is 19.0 Å². The normalized spacial score (nSPS) is 15.9. The van der Waals surface area contributed by atoms with E-state index in [0.717, 1.165) is 17.7 Å². The van der Waals surface area contributed by atoms with Crippen molar-refractivity contribution in [3.8, 4) is 10.7 Å². The summed E-state index contributed by atoms with van der Waals surface area (Å²) in [5.74, 6) is 1.85. The van der Waals surface area contributed by atoms with Crippen LogP contribution in [0.5, 0.6) is 0 Å². The second kappa shape index (κ2) is 6.00. The molecule has 7 heteroatoms. The molecule has 0 radical (unpaired) electrons. The van der Waals surface area contributed by atoms with E-state index in [-0.39, 0.29) is 11.8 Å². The molecule has 0 spiro atoms. The van der Waals surface area contributed by atoms with E-state index in [2.05, 4.69) is 10.1 Å². The lowest BCUT2D eigenvalue weighted by molar-refractivity contribution is 0.0672. The summed E-state index contributed by atoms with van der Waals surface area (Å²) < 4.78 is 10.6. The standard InChI is InChI=1S/C16H15N3O3S/c20-16(12-3-1-9-21-12)19-7-5-11(6-8-19)15-17-14(18-22-15)13-4-2-10-23-13/h1-4,9-11H,5-8H2. The molecule has 0 N–H and O–H groups in total. The zero-order valence-electron chi connectivity index (χ0n) is 12.3. The Hall–Kier alpha value is -2.41. The van der Waals surface area contributed by atoms with Crippen LogP contribution in [0, 0.1) is 0 Å². The van der Waals surface area contributed by atoms with Gasteiger partial charge in [-0.25, -0.2) is 0 Å². The first-order chi connectivity index (χ1) is 11.3. The van der Waals surface area contributed by atoms with Crippen molar-refractivity contribution in [1.29, 1.82) is 0 Å².